The van der Waals surface area contributed by atoms with E-state index in [4.69, 9.17) is 4.74 Å². The van der Waals surface area contributed by atoms with Crippen molar-refractivity contribution in [2.75, 3.05) is 24.8 Å². The van der Waals surface area contributed by atoms with E-state index in [-0.39, 0.29) is 0 Å². The zero-order chi connectivity index (χ0) is 20.1. The Kier molecular flexibility index (Phi) is 5.64. The number of benzene rings is 1. The number of aliphatic imine (C=N–C) groups is 2. The highest BCUT2D eigenvalue weighted by Crippen LogP contribution is 2.29. The van der Waals surface area contributed by atoms with Crippen molar-refractivity contribution in [3.05, 3.63) is 41.7 Å². The topological polar surface area (TPSA) is 102 Å². The molecule has 0 fully saturated rings. The molecule has 0 amide bonds. The third-order valence-electron chi connectivity index (χ3n) is 3.92. The number of hydrogen-bond donors (Lipinski definition) is 2. The first-order valence-corrected chi connectivity index (χ1v) is 8.57. The zero-order valence-corrected chi connectivity index (χ0v) is 16.3. The molecule has 0 aliphatic rings. The summed E-state index contributed by atoms with van der Waals surface area (Å²) < 4.78 is 7.21. The second kappa shape index (κ2) is 8.30. The van der Waals surface area contributed by atoms with Crippen molar-refractivity contribution in [1.29, 1.82) is 0 Å². The van der Waals surface area contributed by atoms with Gasteiger partial charge in [-0.25, -0.2) is 14.7 Å². The average Bonchev–Trinajstić information content (AvgIpc) is 3.06. The number of aryl methyl sites for hydroxylation is 2. The summed E-state index contributed by atoms with van der Waals surface area (Å²) in [6.45, 7) is 7.23. The minimum absolute atomic E-state index is 0.499. The lowest BCUT2D eigenvalue weighted by molar-refractivity contribution is 0.412. The van der Waals surface area contributed by atoms with Crippen molar-refractivity contribution in [2.45, 2.75) is 13.8 Å². The van der Waals surface area contributed by atoms with E-state index in [1.807, 2.05) is 51.4 Å². The molecule has 144 valence electrons. The first-order chi connectivity index (χ1) is 13.5. The quantitative estimate of drug-likeness (QED) is 0.482. The fourth-order valence-corrected chi connectivity index (χ4v) is 2.63. The van der Waals surface area contributed by atoms with Crippen LogP contribution in [0.4, 0.5) is 23.3 Å². The van der Waals surface area contributed by atoms with Crippen molar-refractivity contribution in [3.63, 3.8) is 0 Å². The highest BCUT2D eigenvalue weighted by atomic mass is 16.5. The first kappa shape index (κ1) is 19.0. The first-order valence-electron chi connectivity index (χ1n) is 8.57. The van der Waals surface area contributed by atoms with Gasteiger partial charge in [-0.15, -0.1) is 5.10 Å². The molecule has 0 saturated carbocycles. The van der Waals surface area contributed by atoms with Gasteiger partial charge < -0.3 is 15.4 Å². The lowest BCUT2D eigenvalue weighted by Crippen LogP contribution is -2.04. The Bertz CT molecular complexity index is 1020. The Balaban J connectivity index is 1.98. The maximum atomic E-state index is 5.49. The van der Waals surface area contributed by atoms with E-state index >= 15 is 0 Å². The molecule has 1 aromatic carbocycles. The third kappa shape index (κ3) is 4.14. The molecule has 3 aromatic rings. The Labute approximate surface area is 163 Å². The summed E-state index contributed by atoms with van der Waals surface area (Å²) in [6.07, 6.45) is 3.24. The van der Waals surface area contributed by atoms with E-state index in [1.54, 1.807) is 11.8 Å². The highest BCUT2D eigenvalue weighted by Gasteiger charge is 2.12. The predicted octanol–water partition coefficient (Wildman–Crippen LogP) is 3.43. The Hall–Kier alpha value is -3.75. The summed E-state index contributed by atoms with van der Waals surface area (Å²) in [5.41, 5.74) is 3.32. The number of methoxy groups -OCH3 is 1. The molecule has 3 rings (SSSR count). The SMILES string of the molecule is C=N/C=N\c1nn(-c2cc(Nc3nc(C)cc(NC)n3)ccc2OC)cc1C. The Morgan fingerprint density at radius 2 is 2.04 bits per heavy atom. The molecule has 0 aliphatic carbocycles. The molecule has 0 bridgehead atoms. The summed E-state index contributed by atoms with van der Waals surface area (Å²) >= 11 is 0. The number of aromatic nitrogens is 4. The standard InChI is InChI=1S/C19H22N8O/c1-12-10-27(26-18(12)22-11-20-3)15-9-14(6-7-16(15)28-5)24-19-23-13(2)8-17(21-4)25-19/h6-11H,3H2,1-2,4-5H3,(H2,21,23,24,25)/b22-11-. The molecule has 0 spiro atoms. The maximum absolute atomic E-state index is 5.49. The fraction of sp³-hybridized carbons (Fsp3) is 0.211. The van der Waals surface area contributed by atoms with Gasteiger partial charge in [0.25, 0.3) is 0 Å². The monoisotopic (exact) mass is 378 g/mol. The van der Waals surface area contributed by atoms with E-state index in [9.17, 15) is 0 Å². The van der Waals surface area contributed by atoms with Gasteiger partial charge in [-0.2, -0.15) is 4.98 Å². The molecular weight excluding hydrogens is 356 g/mol. The largest absolute Gasteiger partial charge is 0.494 e. The van der Waals surface area contributed by atoms with E-state index in [0.29, 0.717) is 17.5 Å². The van der Waals surface area contributed by atoms with Crippen molar-refractivity contribution in [3.8, 4) is 11.4 Å². The minimum Gasteiger partial charge on any atom is -0.494 e. The number of rotatable bonds is 7. The molecule has 0 radical (unpaired) electrons. The maximum Gasteiger partial charge on any atom is 0.229 e. The lowest BCUT2D eigenvalue weighted by Gasteiger charge is -2.12. The zero-order valence-electron chi connectivity index (χ0n) is 16.3. The smallest absolute Gasteiger partial charge is 0.229 e. The summed E-state index contributed by atoms with van der Waals surface area (Å²) in [5.74, 6) is 2.48. The average molecular weight is 378 g/mol. The molecular formula is C19H22N8O. The van der Waals surface area contributed by atoms with Crippen LogP contribution in [0, 0.1) is 13.8 Å². The Morgan fingerprint density at radius 1 is 1.21 bits per heavy atom. The van der Waals surface area contributed by atoms with Crippen LogP contribution in [0.2, 0.25) is 0 Å². The normalized spacial score (nSPS) is 10.9. The van der Waals surface area contributed by atoms with Crippen LogP contribution in [0.15, 0.2) is 40.4 Å². The van der Waals surface area contributed by atoms with Gasteiger partial charge in [-0.1, -0.05) is 0 Å². The van der Waals surface area contributed by atoms with Crippen LogP contribution in [0.3, 0.4) is 0 Å². The molecule has 0 saturated heterocycles. The molecule has 2 heterocycles. The van der Waals surface area contributed by atoms with Crippen LogP contribution in [-0.2, 0) is 0 Å². The molecule has 0 aliphatic heterocycles. The van der Waals surface area contributed by atoms with E-state index in [2.05, 4.69) is 42.4 Å². The number of nitrogens with one attached hydrogen (secondary N) is 2. The number of anilines is 3. The van der Waals surface area contributed by atoms with E-state index < -0.39 is 0 Å². The summed E-state index contributed by atoms with van der Waals surface area (Å²) in [4.78, 5) is 16.6. The van der Waals surface area contributed by atoms with Crippen LogP contribution in [-0.4, -0.2) is 47.0 Å². The second-order valence-corrected chi connectivity index (χ2v) is 5.99. The number of hydrogen-bond acceptors (Lipinski definition) is 7. The van der Waals surface area contributed by atoms with Crippen LogP contribution in [0.25, 0.3) is 5.69 Å². The van der Waals surface area contributed by atoms with Crippen molar-refractivity contribution in [1.82, 2.24) is 19.7 Å². The molecule has 0 unspecified atom stereocenters. The van der Waals surface area contributed by atoms with Crippen LogP contribution in [0.5, 0.6) is 5.75 Å². The van der Waals surface area contributed by atoms with Crippen LogP contribution >= 0.6 is 0 Å². The third-order valence-corrected chi connectivity index (χ3v) is 3.92. The number of nitrogens with zero attached hydrogens (tertiary/aromatic N) is 6. The van der Waals surface area contributed by atoms with Gasteiger partial charge in [-0.05, 0) is 38.8 Å². The molecule has 2 aromatic heterocycles. The van der Waals surface area contributed by atoms with E-state index in [0.717, 1.165) is 28.5 Å². The summed E-state index contributed by atoms with van der Waals surface area (Å²) in [7, 11) is 3.44. The van der Waals surface area contributed by atoms with Gasteiger partial charge in [0.05, 0.1) is 7.11 Å². The van der Waals surface area contributed by atoms with Gasteiger partial charge in [0.15, 0.2) is 5.82 Å². The van der Waals surface area contributed by atoms with Crippen LogP contribution in [0.1, 0.15) is 11.3 Å². The van der Waals surface area contributed by atoms with Gasteiger partial charge in [0.2, 0.25) is 5.95 Å². The van der Waals surface area contributed by atoms with Gasteiger partial charge in [-0.3, -0.25) is 4.99 Å². The van der Waals surface area contributed by atoms with Crippen LogP contribution < -0.4 is 15.4 Å². The van der Waals surface area contributed by atoms with Gasteiger partial charge in [0, 0.05) is 36.3 Å². The molecule has 0 atom stereocenters. The van der Waals surface area contributed by atoms with Crippen molar-refractivity contribution >= 4 is 36.3 Å². The predicted molar refractivity (Wildman–Crippen MR) is 112 cm³/mol. The fourth-order valence-electron chi connectivity index (χ4n) is 2.63. The van der Waals surface area contributed by atoms with Crippen molar-refractivity contribution in [2.24, 2.45) is 9.98 Å². The summed E-state index contributed by atoms with van der Waals surface area (Å²) in [5, 5.41) is 10.7. The molecule has 9 heteroatoms. The second-order valence-electron chi connectivity index (χ2n) is 5.99. The van der Waals surface area contributed by atoms with Crippen molar-refractivity contribution < 1.29 is 4.74 Å². The lowest BCUT2D eigenvalue weighted by atomic mass is 10.2. The minimum atomic E-state index is 0.499. The van der Waals surface area contributed by atoms with Gasteiger partial charge >= 0.3 is 0 Å². The Morgan fingerprint density at radius 3 is 2.75 bits per heavy atom. The van der Waals surface area contributed by atoms with E-state index in [1.165, 1.54) is 6.34 Å². The highest BCUT2D eigenvalue weighted by molar-refractivity contribution is 5.67. The molecule has 9 nitrogen and oxygen atoms in total. The van der Waals surface area contributed by atoms with Gasteiger partial charge in [0.1, 0.15) is 23.6 Å². The summed E-state index contributed by atoms with van der Waals surface area (Å²) in [6, 6.07) is 7.54. The molecule has 2 N–H and O–H groups in total. The number of ether oxygens (including phenoxy) is 1. The molecule has 28 heavy (non-hydrogen) atoms.